The van der Waals surface area contributed by atoms with E-state index in [0.717, 1.165) is 17.1 Å². The first-order chi connectivity index (χ1) is 16.7. The number of aryl methyl sites for hydroxylation is 1. The van der Waals surface area contributed by atoms with E-state index >= 15 is 0 Å². The van der Waals surface area contributed by atoms with Crippen molar-refractivity contribution in [2.75, 3.05) is 20.9 Å². The van der Waals surface area contributed by atoms with E-state index < -0.39 is 17.4 Å². The van der Waals surface area contributed by atoms with Gasteiger partial charge in [0.15, 0.2) is 0 Å². The normalized spacial score (nSPS) is 11.2. The number of methoxy groups -OCH3 is 2. The lowest BCUT2D eigenvalue weighted by atomic mass is 10.2. The average molecular weight is 509 g/mol. The van der Waals surface area contributed by atoms with Gasteiger partial charge in [0, 0.05) is 0 Å². The molecule has 0 atom stereocenters. The number of hydrogen-bond donors (Lipinski definition) is 0. The number of benzene rings is 4. The molecule has 0 saturated carbocycles. The van der Waals surface area contributed by atoms with Crippen molar-refractivity contribution in [3.05, 3.63) is 109 Å². The Hall–Kier alpha value is -3.18. The Bertz CT molecular complexity index is 1270. The summed E-state index contributed by atoms with van der Waals surface area (Å²) in [7, 11) is -2.57. The zero-order valence-corrected chi connectivity index (χ0v) is 21.9. The van der Waals surface area contributed by atoms with Gasteiger partial charge >= 0.3 is 0 Å². The van der Waals surface area contributed by atoms with E-state index in [2.05, 4.69) is 61.3 Å². The maximum Gasteiger partial charge on any atom is 0.124 e. The molecule has 0 bridgehead atoms. The van der Waals surface area contributed by atoms with Crippen molar-refractivity contribution < 1.29 is 22.4 Å². The van der Waals surface area contributed by atoms with Crippen LogP contribution >= 0.6 is 7.26 Å². The van der Waals surface area contributed by atoms with E-state index in [1.807, 2.05) is 31.2 Å². The van der Waals surface area contributed by atoms with Crippen LogP contribution in [-0.4, -0.2) is 33.9 Å². The maximum atomic E-state index is 10.4. The second-order valence-electron chi connectivity index (χ2n) is 8.01. The van der Waals surface area contributed by atoms with Crippen molar-refractivity contribution >= 4 is 33.3 Å². The van der Waals surface area contributed by atoms with Crippen molar-refractivity contribution in [1.29, 1.82) is 0 Å². The quantitative estimate of drug-likeness (QED) is 0.283. The molecule has 0 aliphatic rings. The Labute approximate surface area is 208 Å². The Balaban J connectivity index is 0.000000261. The van der Waals surface area contributed by atoms with Crippen LogP contribution in [0.1, 0.15) is 5.56 Å². The van der Waals surface area contributed by atoms with Crippen molar-refractivity contribution in [3.63, 3.8) is 0 Å². The van der Waals surface area contributed by atoms with E-state index in [1.165, 1.54) is 28.0 Å². The summed E-state index contributed by atoms with van der Waals surface area (Å²) in [5.74, 6) is 1.76. The lowest BCUT2D eigenvalue weighted by molar-refractivity contribution is 0.415. The lowest BCUT2D eigenvalue weighted by Crippen LogP contribution is -2.30. The summed E-state index contributed by atoms with van der Waals surface area (Å²) >= 11 is 0. The molecule has 0 heterocycles. The third kappa shape index (κ3) is 6.49. The largest absolute Gasteiger partial charge is 0.744 e. The minimum absolute atomic E-state index is 0.178. The molecule has 4 aromatic rings. The zero-order valence-electron chi connectivity index (χ0n) is 20.2. The van der Waals surface area contributed by atoms with Crippen LogP contribution in [0.4, 0.5) is 0 Å². The van der Waals surface area contributed by atoms with Gasteiger partial charge in [-0.05, 0) is 79.7 Å². The van der Waals surface area contributed by atoms with Gasteiger partial charge in [-0.15, -0.1) is 0 Å². The molecule has 4 aromatic carbocycles. The molecule has 0 aliphatic carbocycles. The molecule has 4 rings (SSSR count). The summed E-state index contributed by atoms with van der Waals surface area (Å²) in [5, 5.41) is 4.03. The predicted octanol–water partition coefficient (Wildman–Crippen LogP) is 4.53. The van der Waals surface area contributed by atoms with Crippen molar-refractivity contribution in [1.82, 2.24) is 0 Å². The van der Waals surface area contributed by atoms with Crippen LogP contribution in [0.15, 0.2) is 108 Å². The summed E-state index contributed by atoms with van der Waals surface area (Å²) in [5.41, 5.74) is 0.928. The van der Waals surface area contributed by atoms with Gasteiger partial charge in [-0.1, -0.05) is 35.9 Å². The molecule has 0 aliphatic heterocycles. The van der Waals surface area contributed by atoms with Crippen LogP contribution in [0.5, 0.6) is 11.5 Å². The molecule has 0 amide bonds. The fraction of sp³-hybridized carbons (Fsp3) is 0.143. The van der Waals surface area contributed by atoms with Crippen LogP contribution in [0.25, 0.3) is 0 Å². The molecule has 0 saturated heterocycles. The van der Waals surface area contributed by atoms with Crippen LogP contribution in [-0.2, 0) is 10.1 Å². The number of ether oxygens (including phenoxy) is 2. The third-order valence-electron chi connectivity index (χ3n) is 5.76. The first kappa shape index (κ1) is 26.4. The van der Waals surface area contributed by atoms with Crippen LogP contribution in [0.2, 0.25) is 0 Å². The van der Waals surface area contributed by atoms with Gasteiger partial charge in [0.05, 0.1) is 25.8 Å². The van der Waals surface area contributed by atoms with E-state index in [0.29, 0.717) is 0 Å². The van der Waals surface area contributed by atoms with E-state index in [-0.39, 0.29) is 4.90 Å². The summed E-state index contributed by atoms with van der Waals surface area (Å²) in [6.45, 7) is 4.19. The standard InChI is InChI=1S/C21H22O2P.C7H8O3S/c1-22-17-9-13-20(14-10-17)24(3,19-7-5-4-6-8-19)21-15-11-18(23-2)12-16-21;1-6-2-4-7(5-3-6)11(8,9)10/h4-16H,1-3H3;2-5H,1H3,(H,8,9,10)/q+1;/p-1. The lowest BCUT2D eigenvalue weighted by Gasteiger charge is -2.23. The third-order valence-corrected chi connectivity index (χ3v) is 10.6. The highest BCUT2D eigenvalue weighted by atomic mass is 32.2. The first-order valence-corrected chi connectivity index (χ1v) is 14.6. The fourth-order valence-electron chi connectivity index (χ4n) is 3.64. The minimum Gasteiger partial charge on any atom is -0.744 e. The monoisotopic (exact) mass is 508 g/mol. The highest BCUT2D eigenvalue weighted by Gasteiger charge is 2.40. The molecule has 182 valence electrons. The first-order valence-electron chi connectivity index (χ1n) is 10.9. The topological polar surface area (TPSA) is 75.7 Å². The molecule has 0 spiro atoms. The van der Waals surface area contributed by atoms with Gasteiger partial charge in [0.1, 0.15) is 44.8 Å². The molecule has 0 N–H and O–H groups in total. The summed E-state index contributed by atoms with van der Waals surface area (Å²) < 4.78 is 41.8. The van der Waals surface area contributed by atoms with Gasteiger partial charge < -0.3 is 14.0 Å². The van der Waals surface area contributed by atoms with Gasteiger partial charge in [0.25, 0.3) is 0 Å². The van der Waals surface area contributed by atoms with E-state index in [4.69, 9.17) is 9.47 Å². The van der Waals surface area contributed by atoms with Gasteiger partial charge in [-0.2, -0.15) is 0 Å². The Morgan fingerprint density at radius 3 is 1.40 bits per heavy atom. The molecule has 0 radical (unpaired) electrons. The maximum absolute atomic E-state index is 10.4. The molecular formula is C28H29O5PS. The summed E-state index contributed by atoms with van der Waals surface area (Å²) in [4.78, 5) is -0.178. The second kappa shape index (κ2) is 11.5. The molecule has 5 nitrogen and oxygen atoms in total. The average Bonchev–Trinajstić information content (AvgIpc) is 2.89. The Kier molecular flexibility index (Phi) is 8.68. The molecule has 0 unspecified atom stereocenters. The molecule has 0 aromatic heterocycles. The number of hydrogen-bond acceptors (Lipinski definition) is 5. The van der Waals surface area contributed by atoms with Gasteiger partial charge in [0.2, 0.25) is 0 Å². The minimum atomic E-state index is -4.27. The van der Waals surface area contributed by atoms with Crippen molar-refractivity contribution in [2.45, 2.75) is 11.8 Å². The van der Waals surface area contributed by atoms with Crippen LogP contribution < -0.4 is 25.4 Å². The van der Waals surface area contributed by atoms with E-state index in [9.17, 15) is 13.0 Å². The molecule has 7 heteroatoms. The highest BCUT2D eigenvalue weighted by molar-refractivity contribution is 7.95. The molecular weight excluding hydrogens is 479 g/mol. The summed E-state index contributed by atoms with van der Waals surface area (Å²) in [6, 6.07) is 33.4. The second-order valence-corrected chi connectivity index (χ2v) is 12.9. The van der Waals surface area contributed by atoms with Gasteiger partial charge in [-0.25, -0.2) is 8.42 Å². The molecule has 0 fully saturated rings. The molecule has 35 heavy (non-hydrogen) atoms. The van der Waals surface area contributed by atoms with E-state index in [1.54, 1.807) is 26.4 Å². The van der Waals surface area contributed by atoms with Gasteiger partial charge in [-0.3, -0.25) is 0 Å². The van der Waals surface area contributed by atoms with Crippen molar-refractivity contribution in [3.8, 4) is 11.5 Å². The fourth-order valence-corrected chi connectivity index (χ4v) is 7.26. The number of rotatable bonds is 6. The van der Waals surface area contributed by atoms with Crippen molar-refractivity contribution in [2.24, 2.45) is 0 Å². The Morgan fingerprint density at radius 2 is 1.03 bits per heavy atom. The Morgan fingerprint density at radius 1 is 0.629 bits per heavy atom. The predicted molar refractivity (Wildman–Crippen MR) is 143 cm³/mol. The van der Waals surface area contributed by atoms with Crippen LogP contribution in [0, 0.1) is 6.92 Å². The highest BCUT2D eigenvalue weighted by Crippen LogP contribution is 2.51. The summed E-state index contributed by atoms with van der Waals surface area (Å²) in [6.07, 6.45) is 0. The smallest absolute Gasteiger partial charge is 0.124 e. The zero-order chi connectivity index (χ0) is 25.5. The SMILES string of the molecule is COc1ccc([P+](C)(c2ccccc2)c2ccc(OC)cc2)cc1.Cc1ccc(S(=O)(=O)[O-])cc1. The van der Waals surface area contributed by atoms with Crippen LogP contribution in [0.3, 0.4) is 0 Å².